The van der Waals surface area contributed by atoms with Crippen LogP contribution in [0, 0.1) is 6.92 Å². The van der Waals surface area contributed by atoms with Crippen LogP contribution in [0.25, 0.3) is 0 Å². The standard InChI is InChI=1S/C21H28O3S/c1-5-9-25(4)10-8-21-7-6-15(22)12-18(21)24-20-17(23-3)11-14(2)16(13-25)19(20)21/h5-7,11,15,18,22H,1,8-10,12-13H2,2-4H3/t15-,18?,21?/m1/s1. The van der Waals surface area contributed by atoms with Gasteiger partial charge in [0.05, 0.1) is 18.6 Å². The van der Waals surface area contributed by atoms with E-state index in [0.29, 0.717) is 6.42 Å². The Labute approximate surface area is 152 Å². The van der Waals surface area contributed by atoms with Crippen LogP contribution in [0.1, 0.15) is 29.5 Å². The van der Waals surface area contributed by atoms with E-state index in [-0.39, 0.29) is 11.5 Å². The van der Waals surface area contributed by atoms with Crippen molar-refractivity contribution in [1.82, 2.24) is 0 Å². The van der Waals surface area contributed by atoms with Crippen molar-refractivity contribution in [3.63, 3.8) is 0 Å². The normalized spacial score (nSPS) is 37.9. The van der Waals surface area contributed by atoms with E-state index in [1.807, 2.05) is 6.08 Å². The number of hydrogen-bond acceptors (Lipinski definition) is 3. The Morgan fingerprint density at radius 3 is 3.04 bits per heavy atom. The molecule has 0 fully saturated rings. The SMILES string of the molecule is C=CCS1(C)CCC23C=C[C@@H](O)CC2Oc2c(OC)cc(C)c(c23)C1. The molecule has 3 aliphatic rings. The van der Waals surface area contributed by atoms with Gasteiger partial charge in [0.25, 0.3) is 0 Å². The van der Waals surface area contributed by atoms with Gasteiger partial charge < -0.3 is 14.6 Å². The maximum atomic E-state index is 10.2. The molecule has 1 aromatic rings. The van der Waals surface area contributed by atoms with Crippen molar-refractivity contribution in [3.8, 4) is 11.5 Å². The first-order valence-corrected chi connectivity index (χ1v) is 11.5. The molecule has 136 valence electrons. The van der Waals surface area contributed by atoms with E-state index in [9.17, 15) is 5.11 Å². The molecule has 3 nitrogen and oxygen atoms in total. The summed E-state index contributed by atoms with van der Waals surface area (Å²) in [5, 5.41) is 10.2. The fourth-order valence-electron chi connectivity index (χ4n) is 4.82. The van der Waals surface area contributed by atoms with Crippen molar-refractivity contribution in [2.75, 3.05) is 24.9 Å². The summed E-state index contributed by atoms with van der Waals surface area (Å²) in [5.74, 6) is 5.16. The number of aryl methyl sites for hydroxylation is 1. The second-order valence-electron chi connectivity index (χ2n) is 7.92. The van der Waals surface area contributed by atoms with Gasteiger partial charge in [-0.25, -0.2) is 10.0 Å². The van der Waals surface area contributed by atoms with Crippen LogP contribution in [0.5, 0.6) is 11.5 Å². The molecule has 0 saturated carbocycles. The Bertz CT molecular complexity index is 756. The number of rotatable bonds is 3. The van der Waals surface area contributed by atoms with Crippen LogP contribution in [0.3, 0.4) is 0 Å². The number of benzene rings is 1. The van der Waals surface area contributed by atoms with Gasteiger partial charge in [0.1, 0.15) is 6.10 Å². The van der Waals surface area contributed by atoms with Crippen molar-refractivity contribution < 1.29 is 14.6 Å². The molecule has 0 radical (unpaired) electrons. The Morgan fingerprint density at radius 2 is 2.32 bits per heavy atom. The third-order valence-corrected chi connectivity index (χ3v) is 9.40. The maximum Gasteiger partial charge on any atom is 0.166 e. The minimum Gasteiger partial charge on any atom is -0.493 e. The third-order valence-electron chi connectivity index (χ3n) is 6.19. The molecule has 1 spiro atoms. The molecule has 0 saturated heterocycles. The average Bonchev–Trinajstić information content (AvgIpc) is 2.83. The highest BCUT2D eigenvalue weighted by molar-refractivity contribution is 8.32. The molecule has 0 bridgehead atoms. The molecule has 0 amide bonds. The number of aliphatic hydroxyl groups excluding tert-OH is 1. The predicted octanol–water partition coefficient (Wildman–Crippen LogP) is 3.85. The van der Waals surface area contributed by atoms with Crippen LogP contribution in [0.15, 0.2) is 30.9 Å². The van der Waals surface area contributed by atoms with Crippen molar-refractivity contribution in [2.45, 2.75) is 43.1 Å². The highest BCUT2D eigenvalue weighted by Gasteiger charge is 2.53. The highest BCUT2D eigenvalue weighted by Crippen LogP contribution is 2.62. The Balaban J connectivity index is 1.96. The quantitative estimate of drug-likeness (QED) is 0.832. The first kappa shape index (κ1) is 17.0. The first-order chi connectivity index (χ1) is 11.9. The summed E-state index contributed by atoms with van der Waals surface area (Å²) in [4.78, 5) is 0. The van der Waals surface area contributed by atoms with E-state index in [2.05, 4.69) is 38.0 Å². The van der Waals surface area contributed by atoms with Gasteiger partial charge in [-0.2, -0.15) is 0 Å². The van der Waals surface area contributed by atoms with Crippen LogP contribution in [-0.2, 0) is 11.2 Å². The van der Waals surface area contributed by atoms with Crippen LogP contribution in [0.4, 0.5) is 0 Å². The molecule has 4 rings (SSSR count). The van der Waals surface area contributed by atoms with Crippen LogP contribution < -0.4 is 9.47 Å². The zero-order valence-electron chi connectivity index (χ0n) is 15.4. The summed E-state index contributed by atoms with van der Waals surface area (Å²) in [6.07, 6.45) is 10.1. The summed E-state index contributed by atoms with van der Waals surface area (Å²) in [5.41, 5.74) is 3.95. The van der Waals surface area contributed by atoms with Crippen LogP contribution in [0.2, 0.25) is 0 Å². The van der Waals surface area contributed by atoms with Gasteiger partial charge in [0.2, 0.25) is 0 Å². The van der Waals surface area contributed by atoms with Gasteiger partial charge in [0.15, 0.2) is 11.5 Å². The van der Waals surface area contributed by atoms with E-state index < -0.39 is 16.1 Å². The second-order valence-corrected chi connectivity index (χ2v) is 11.9. The van der Waals surface area contributed by atoms with Crippen LogP contribution in [-0.4, -0.2) is 42.2 Å². The molecule has 2 heterocycles. The lowest BCUT2D eigenvalue weighted by Gasteiger charge is -2.38. The number of ether oxygens (including phenoxy) is 2. The van der Waals surface area contributed by atoms with E-state index in [0.717, 1.165) is 29.4 Å². The molecule has 3 unspecified atom stereocenters. The highest BCUT2D eigenvalue weighted by atomic mass is 32.3. The zero-order valence-corrected chi connectivity index (χ0v) is 16.2. The van der Waals surface area contributed by atoms with Crippen molar-refractivity contribution in [2.24, 2.45) is 0 Å². The molecular weight excluding hydrogens is 332 g/mol. The largest absolute Gasteiger partial charge is 0.493 e. The molecule has 4 atom stereocenters. The van der Waals surface area contributed by atoms with Gasteiger partial charge in [-0.3, -0.25) is 0 Å². The molecule has 1 N–H and O–H groups in total. The van der Waals surface area contributed by atoms with Gasteiger partial charge in [-0.1, -0.05) is 18.2 Å². The molecule has 25 heavy (non-hydrogen) atoms. The third kappa shape index (κ3) is 2.45. The van der Waals surface area contributed by atoms with Gasteiger partial charge >= 0.3 is 0 Å². The predicted molar refractivity (Wildman–Crippen MR) is 105 cm³/mol. The minimum absolute atomic E-state index is 0.00225. The average molecular weight is 361 g/mol. The van der Waals surface area contributed by atoms with E-state index in [4.69, 9.17) is 9.47 Å². The molecule has 2 aliphatic heterocycles. The Kier molecular flexibility index (Phi) is 3.97. The van der Waals surface area contributed by atoms with Gasteiger partial charge in [-0.05, 0) is 48.3 Å². The summed E-state index contributed by atoms with van der Waals surface area (Å²) in [6, 6.07) is 2.12. The number of aliphatic hydroxyl groups is 1. The molecular formula is C21H28O3S. The second kappa shape index (κ2) is 5.82. The van der Waals surface area contributed by atoms with E-state index in [1.165, 1.54) is 22.4 Å². The first-order valence-electron chi connectivity index (χ1n) is 9.00. The molecule has 1 aromatic carbocycles. The molecule has 1 aliphatic carbocycles. The van der Waals surface area contributed by atoms with Crippen molar-refractivity contribution >= 4 is 10.0 Å². The van der Waals surface area contributed by atoms with Crippen molar-refractivity contribution in [1.29, 1.82) is 0 Å². The Morgan fingerprint density at radius 1 is 1.52 bits per heavy atom. The van der Waals surface area contributed by atoms with Gasteiger partial charge in [0, 0.05) is 17.7 Å². The lowest BCUT2D eigenvalue weighted by molar-refractivity contribution is 0.0867. The minimum atomic E-state index is -0.778. The number of methoxy groups -OCH3 is 1. The molecule has 4 heteroatoms. The Hall–Kier alpha value is -1.39. The zero-order chi connectivity index (χ0) is 17.8. The monoisotopic (exact) mass is 360 g/mol. The number of hydrogen-bond donors (Lipinski definition) is 1. The van der Waals surface area contributed by atoms with E-state index in [1.54, 1.807) is 7.11 Å². The maximum absolute atomic E-state index is 10.2. The van der Waals surface area contributed by atoms with Crippen LogP contribution >= 0.6 is 10.0 Å². The van der Waals surface area contributed by atoms with Crippen molar-refractivity contribution in [3.05, 3.63) is 47.6 Å². The summed E-state index contributed by atoms with van der Waals surface area (Å²) < 4.78 is 12.1. The fourth-order valence-corrected chi connectivity index (χ4v) is 7.72. The smallest absolute Gasteiger partial charge is 0.166 e. The fraction of sp³-hybridized carbons (Fsp3) is 0.524. The lowest BCUT2D eigenvalue weighted by atomic mass is 9.68. The van der Waals surface area contributed by atoms with E-state index >= 15 is 0 Å². The topological polar surface area (TPSA) is 38.7 Å². The summed E-state index contributed by atoms with van der Waals surface area (Å²) in [6.45, 7) is 6.20. The van der Waals surface area contributed by atoms with Gasteiger partial charge in [-0.15, -0.1) is 6.58 Å². The summed E-state index contributed by atoms with van der Waals surface area (Å²) >= 11 is 0. The summed E-state index contributed by atoms with van der Waals surface area (Å²) in [7, 11) is 0.934. The molecule has 0 aromatic heterocycles. The lowest BCUT2D eigenvalue weighted by Crippen LogP contribution is -2.42.